The lowest BCUT2D eigenvalue weighted by atomic mass is 10.2. The van der Waals surface area contributed by atoms with E-state index in [0.717, 1.165) is 4.74 Å². The number of methoxy groups -OCH3 is 2. The van der Waals surface area contributed by atoms with Crippen molar-refractivity contribution in [2.24, 2.45) is 0 Å². The largest absolute Gasteiger partial charge is 0.618 e. The summed E-state index contributed by atoms with van der Waals surface area (Å²) < 4.78 is 16.4. The maximum Gasteiger partial charge on any atom is 0.222 e. The zero-order valence-corrected chi connectivity index (χ0v) is 14.3. The minimum atomic E-state index is 0.0868. The third-order valence-corrected chi connectivity index (χ3v) is 3.15. The van der Waals surface area contributed by atoms with Crippen LogP contribution in [-0.4, -0.2) is 29.6 Å². The van der Waals surface area contributed by atoms with E-state index in [1.165, 1.54) is 13.3 Å². The molecule has 2 aromatic carbocycles. The van der Waals surface area contributed by atoms with E-state index in [1.54, 1.807) is 49.6 Å². The maximum absolute atomic E-state index is 12.2. The van der Waals surface area contributed by atoms with Crippen LogP contribution in [0, 0.1) is 5.21 Å². The van der Waals surface area contributed by atoms with Crippen LogP contribution in [0.3, 0.4) is 0 Å². The van der Waals surface area contributed by atoms with E-state index in [-0.39, 0.29) is 4.38 Å². The monoisotopic (exact) mass is 349 g/mol. The molecule has 0 fully saturated rings. The molecular weight excluding hydrogens is 334 g/mol. The van der Waals surface area contributed by atoms with Crippen molar-refractivity contribution in [3.8, 4) is 17.2 Å². The lowest BCUT2D eigenvalue weighted by Crippen LogP contribution is -2.02. The summed E-state index contributed by atoms with van der Waals surface area (Å²) in [5, 5.41) is 12.2. The molecule has 5 nitrogen and oxygen atoms in total. The van der Waals surface area contributed by atoms with Gasteiger partial charge in [-0.1, -0.05) is 12.6 Å². The summed E-state index contributed by atoms with van der Waals surface area (Å²) in [5.74, 6) is 1.58. The SMILES string of the molecule is COc1ccc([N+]([O-])=Cc2ccc(OC(=S)S)c(OC)c2)cc1. The summed E-state index contributed by atoms with van der Waals surface area (Å²) in [7, 11) is 3.08. The number of thiol groups is 1. The van der Waals surface area contributed by atoms with Crippen molar-refractivity contribution in [3.63, 3.8) is 0 Å². The van der Waals surface area contributed by atoms with Crippen molar-refractivity contribution in [1.29, 1.82) is 0 Å². The van der Waals surface area contributed by atoms with Crippen molar-refractivity contribution >= 4 is 41.1 Å². The van der Waals surface area contributed by atoms with Gasteiger partial charge in [-0.05, 0) is 42.5 Å². The summed E-state index contributed by atoms with van der Waals surface area (Å²) in [6.07, 6.45) is 1.44. The standard InChI is InChI=1S/C16H15NO4S2/c1-19-13-6-4-12(5-7-13)17(18)10-11-3-8-14(21-16(22)23)15(9-11)20-2/h3-10H,1-2H3,(H,22,23). The van der Waals surface area contributed by atoms with Crippen LogP contribution in [0.1, 0.15) is 5.56 Å². The van der Waals surface area contributed by atoms with Crippen molar-refractivity contribution < 1.29 is 18.9 Å². The van der Waals surface area contributed by atoms with Gasteiger partial charge in [0.25, 0.3) is 0 Å². The first-order valence-electron chi connectivity index (χ1n) is 6.57. The fourth-order valence-corrected chi connectivity index (χ4v) is 2.07. The third kappa shape index (κ3) is 4.61. The molecule has 0 bridgehead atoms. The predicted molar refractivity (Wildman–Crippen MR) is 96.7 cm³/mol. The molecular formula is C16H15NO4S2. The lowest BCUT2D eigenvalue weighted by Gasteiger charge is -2.09. The van der Waals surface area contributed by atoms with Crippen molar-refractivity contribution in [3.05, 3.63) is 53.2 Å². The van der Waals surface area contributed by atoms with Crippen molar-refractivity contribution in [2.45, 2.75) is 0 Å². The molecule has 0 aliphatic heterocycles. The first-order chi connectivity index (χ1) is 11.0. The Hall–Kier alpha value is -2.25. The second-order valence-corrected chi connectivity index (χ2v) is 5.51. The van der Waals surface area contributed by atoms with Crippen LogP contribution in [0.4, 0.5) is 5.69 Å². The molecule has 0 unspecified atom stereocenters. The summed E-state index contributed by atoms with van der Waals surface area (Å²) in [6.45, 7) is 0. The molecule has 0 N–H and O–H groups in total. The Morgan fingerprint density at radius 2 is 1.78 bits per heavy atom. The van der Waals surface area contributed by atoms with Gasteiger partial charge in [0.05, 0.1) is 14.2 Å². The average molecular weight is 349 g/mol. The Kier molecular flexibility index (Phi) is 5.84. The van der Waals surface area contributed by atoms with Gasteiger partial charge in [-0.2, -0.15) is 4.74 Å². The van der Waals surface area contributed by atoms with Crippen LogP contribution in [-0.2, 0) is 0 Å². The van der Waals surface area contributed by atoms with Crippen LogP contribution < -0.4 is 14.2 Å². The number of ether oxygens (including phenoxy) is 3. The van der Waals surface area contributed by atoms with Gasteiger partial charge in [-0.15, -0.1) is 0 Å². The average Bonchev–Trinajstić information content (AvgIpc) is 2.55. The maximum atomic E-state index is 12.2. The Balaban J connectivity index is 2.28. The Morgan fingerprint density at radius 1 is 1.09 bits per heavy atom. The number of benzene rings is 2. The smallest absolute Gasteiger partial charge is 0.222 e. The first-order valence-corrected chi connectivity index (χ1v) is 7.43. The fraction of sp³-hybridized carbons (Fsp3) is 0.125. The quantitative estimate of drug-likeness (QED) is 0.223. The van der Waals surface area contributed by atoms with Gasteiger partial charge in [-0.3, -0.25) is 0 Å². The van der Waals surface area contributed by atoms with Gasteiger partial charge in [0.2, 0.25) is 10.1 Å². The molecule has 23 heavy (non-hydrogen) atoms. The van der Waals surface area contributed by atoms with Crippen LogP contribution >= 0.6 is 24.8 Å². The highest BCUT2D eigenvalue weighted by Crippen LogP contribution is 2.28. The Morgan fingerprint density at radius 3 is 2.35 bits per heavy atom. The molecule has 0 amide bonds. The number of rotatable bonds is 5. The molecule has 2 aromatic rings. The van der Waals surface area contributed by atoms with Gasteiger partial charge < -0.3 is 19.4 Å². The van der Waals surface area contributed by atoms with Crippen molar-refractivity contribution in [2.75, 3.05) is 14.2 Å². The highest BCUT2D eigenvalue weighted by atomic mass is 32.1. The molecule has 120 valence electrons. The van der Waals surface area contributed by atoms with E-state index in [9.17, 15) is 5.21 Å². The fourth-order valence-electron chi connectivity index (χ4n) is 1.88. The van der Waals surface area contributed by atoms with Gasteiger partial charge in [0, 0.05) is 17.7 Å². The molecule has 0 heterocycles. The highest BCUT2D eigenvalue weighted by molar-refractivity contribution is 8.10. The van der Waals surface area contributed by atoms with E-state index in [4.69, 9.17) is 26.4 Å². The summed E-state index contributed by atoms with van der Waals surface area (Å²) >= 11 is 8.70. The van der Waals surface area contributed by atoms with Crippen LogP contribution in [0.25, 0.3) is 0 Å². The topological polar surface area (TPSA) is 53.8 Å². The molecule has 0 aromatic heterocycles. The zero-order valence-electron chi connectivity index (χ0n) is 12.6. The third-order valence-electron chi connectivity index (χ3n) is 2.98. The van der Waals surface area contributed by atoms with Crippen LogP contribution in [0.2, 0.25) is 0 Å². The van der Waals surface area contributed by atoms with Gasteiger partial charge in [0.15, 0.2) is 17.7 Å². The second kappa shape index (κ2) is 7.85. The van der Waals surface area contributed by atoms with Gasteiger partial charge >= 0.3 is 0 Å². The molecule has 0 radical (unpaired) electrons. The highest BCUT2D eigenvalue weighted by Gasteiger charge is 2.09. The molecule has 7 heteroatoms. The van der Waals surface area contributed by atoms with E-state index in [0.29, 0.717) is 28.5 Å². The minimum Gasteiger partial charge on any atom is -0.618 e. The van der Waals surface area contributed by atoms with Crippen molar-refractivity contribution in [1.82, 2.24) is 0 Å². The molecule has 0 atom stereocenters. The molecule has 0 spiro atoms. The van der Waals surface area contributed by atoms with Gasteiger partial charge in [0.1, 0.15) is 5.75 Å². The predicted octanol–water partition coefficient (Wildman–Crippen LogP) is 3.56. The van der Waals surface area contributed by atoms with E-state index >= 15 is 0 Å². The summed E-state index contributed by atoms with van der Waals surface area (Å²) in [5.41, 5.74) is 1.15. The molecule has 0 saturated carbocycles. The molecule has 2 rings (SSSR count). The number of hydrogen-bond acceptors (Lipinski definition) is 5. The van der Waals surface area contributed by atoms with E-state index in [2.05, 4.69) is 12.6 Å². The second-order valence-electron chi connectivity index (χ2n) is 4.43. The van der Waals surface area contributed by atoms with E-state index < -0.39 is 0 Å². The summed E-state index contributed by atoms with van der Waals surface area (Å²) in [4.78, 5) is 0. The number of thiocarbonyl (C=S) groups is 1. The zero-order chi connectivity index (χ0) is 16.8. The number of nitrogens with zero attached hydrogens (tertiary/aromatic N) is 1. The normalized spacial score (nSPS) is 11.0. The molecule has 0 aliphatic rings. The van der Waals surface area contributed by atoms with Gasteiger partial charge in [-0.25, -0.2) is 0 Å². The minimum absolute atomic E-state index is 0.0868. The van der Waals surface area contributed by atoms with E-state index in [1.807, 2.05) is 0 Å². The lowest BCUT2D eigenvalue weighted by molar-refractivity contribution is -0.354. The Bertz CT molecular complexity index is 729. The number of hydrogen-bond donors (Lipinski definition) is 1. The Labute approximate surface area is 145 Å². The molecule has 0 aliphatic carbocycles. The molecule has 0 saturated heterocycles. The van der Waals surface area contributed by atoms with Crippen LogP contribution in [0.5, 0.6) is 17.2 Å². The van der Waals surface area contributed by atoms with Crippen LogP contribution in [0.15, 0.2) is 42.5 Å². The first kappa shape index (κ1) is 17.1. The summed E-state index contributed by atoms with van der Waals surface area (Å²) in [6, 6.07) is 11.9.